The largest absolute Gasteiger partial charge is 0.383 e. The molecule has 0 unspecified atom stereocenters. The van der Waals surface area contributed by atoms with E-state index in [4.69, 9.17) is 5.73 Å². The van der Waals surface area contributed by atoms with Crippen molar-refractivity contribution >= 4 is 40.3 Å². The van der Waals surface area contributed by atoms with Crippen LogP contribution in [0.1, 0.15) is 26.3 Å². The average molecular weight is 306 g/mol. The maximum atomic E-state index is 5.53. The molecule has 2 aromatic rings. The number of nitrogens with one attached hydrogen (secondary N) is 1. The predicted molar refractivity (Wildman–Crippen MR) is 89.8 cm³/mol. The predicted octanol–water partition coefficient (Wildman–Crippen LogP) is 4.06. The number of hydrogen-bond acceptors (Lipinski definition) is 6. The van der Waals surface area contributed by atoms with Crippen LogP contribution >= 0.6 is 23.1 Å². The molecule has 2 rings (SSSR count). The Morgan fingerprint density at radius 2 is 2.00 bits per heavy atom. The van der Waals surface area contributed by atoms with Crippen LogP contribution in [-0.2, 0) is 0 Å². The molecule has 0 atom stereocenters. The van der Waals surface area contributed by atoms with Gasteiger partial charge in [-0.3, -0.25) is 5.43 Å². The highest BCUT2D eigenvalue weighted by Crippen LogP contribution is 2.31. The van der Waals surface area contributed by atoms with E-state index < -0.39 is 0 Å². The number of anilines is 2. The van der Waals surface area contributed by atoms with Crippen LogP contribution in [-0.4, -0.2) is 15.9 Å². The summed E-state index contributed by atoms with van der Waals surface area (Å²) in [6.45, 7) is 6.62. The molecule has 0 spiro atoms. The van der Waals surface area contributed by atoms with E-state index in [1.54, 1.807) is 11.6 Å². The van der Waals surface area contributed by atoms with E-state index in [2.05, 4.69) is 60.5 Å². The molecule has 1 aromatic heterocycles. The second kappa shape index (κ2) is 6.28. The highest BCUT2D eigenvalue weighted by atomic mass is 32.2. The maximum absolute atomic E-state index is 5.53. The van der Waals surface area contributed by atoms with Gasteiger partial charge in [0.2, 0.25) is 5.13 Å². The van der Waals surface area contributed by atoms with Crippen molar-refractivity contribution < 1.29 is 0 Å². The molecule has 20 heavy (non-hydrogen) atoms. The smallest absolute Gasteiger partial charge is 0.205 e. The molecular formula is C14H18N4S2. The van der Waals surface area contributed by atoms with Crippen molar-refractivity contribution in [2.24, 2.45) is 5.10 Å². The minimum atomic E-state index is 0.224. The van der Waals surface area contributed by atoms with Gasteiger partial charge in [-0.2, -0.15) is 5.10 Å². The van der Waals surface area contributed by atoms with Crippen LogP contribution in [0.4, 0.5) is 10.9 Å². The van der Waals surface area contributed by atoms with Crippen molar-refractivity contribution in [3.8, 4) is 0 Å². The lowest BCUT2D eigenvalue weighted by atomic mass is 10.2. The maximum Gasteiger partial charge on any atom is 0.205 e. The first kappa shape index (κ1) is 14.9. The van der Waals surface area contributed by atoms with E-state index in [0.717, 1.165) is 5.56 Å². The summed E-state index contributed by atoms with van der Waals surface area (Å²) in [5.74, 6) is 0.510. The summed E-state index contributed by atoms with van der Waals surface area (Å²) >= 11 is 3.28. The Morgan fingerprint density at radius 3 is 2.55 bits per heavy atom. The van der Waals surface area contributed by atoms with Gasteiger partial charge in [0, 0.05) is 15.0 Å². The molecule has 6 heteroatoms. The summed E-state index contributed by atoms with van der Waals surface area (Å²) in [5.41, 5.74) is 9.43. The fraction of sp³-hybridized carbons (Fsp3) is 0.286. The molecule has 0 radical (unpaired) electrons. The number of rotatable bonds is 4. The molecule has 0 aliphatic rings. The fourth-order valence-electron chi connectivity index (χ4n) is 1.48. The van der Waals surface area contributed by atoms with Gasteiger partial charge in [-0.1, -0.05) is 32.9 Å². The number of thiazole rings is 1. The number of thioether (sulfide) groups is 1. The standard InChI is InChI=1S/C14H18N4S2/c1-14(2,3)20-11-6-4-10(5-7-11)8-16-18-13-17-12(15)9-19-13/h4-9H,15H2,1-3H3,(H,17,18). The van der Waals surface area contributed by atoms with Crippen LogP contribution in [0.25, 0.3) is 0 Å². The summed E-state index contributed by atoms with van der Waals surface area (Å²) in [6.07, 6.45) is 1.77. The Hall–Kier alpha value is -1.53. The average Bonchev–Trinajstić information content (AvgIpc) is 2.75. The molecule has 0 aliphatic heterocycles. The molecule has 0 saturated carbocycles. The number of aromatic nitrogens is 1. The first-order valence-corrected chi connectivity index (χ1v) is 7.91. The summed E-state index contributed by atoms with van der Waals surface area (Å²) in [7, 11) is 0. The minimum absolute atomic E-state index is 0.224. The topological polar surface area (TPSA) is 63.3 Å². The molecule has 0 bridgehead atoms. The molecule has 0 saturated heterocycles. The number of nitrogen functional groups attached to an aromatic ring is 1. The molecule has 1 heterocycles. The lowest BCUT2D eigenvalue weighted by Crippen LogP contribution is -2.06. The van der Waals surface area contributed by atoms with Gasteiger partial charge in [0.1, 0.15) is 5.82 Å². The second-order valence-corrected chi connectivity index (χ2v) is 7.99. The zero-order chi connectivity index (χ0) is 14.6. The zero-order valence-corrected chi connectivity index (χ0v) is 13.4. The third-order valence-corrected chi connectivity index (χ3v) is 4.09. The van der Waals surface area contributed by atoms with Crippen molar-refractivity contribution in [1.82, 2.24) is 4.98 Å². The van der Waals surface area contributed by atoms with Gasteiger partial charge in [0.15, 0.2) is 0 Å². The van der Waals surface area contributed by atoms with Gasteiger partial charge in [-0.05, 0) is 17.7 Å². The van der Waals surface area contributed by atoms with Crippen LogP contribution in [0.3, 0.4) is 0 Å². The molecule has 0 amide bonds. The van der Waals surface area contributed by atoms with Gasteiger partial charge < -0.3 is 5.73 Å². The van der Waals surface area contributed by atoms with Crippen LogP contribution in [0.15, 0.2) is 39.6 Å². The molecule has 0 aliphatic carbocycles. The molecule has 3 N–H and O–H groups in total. The van der Waals surface area contributed by atoms with Gasteiger partial charge >= 0.3 is 0 Å². The van der Waals surface area contributed by atoms with Crippen LogP contribution in [0.2, 0.25) is 0 Å². The van der Waals surface area contributed by atoms with E-state index in [1.807, 2.05) is 11.8 Å². The molecule has 1 aromatic carbocycles. The van der Waals surface area contributed by atoms with Crippen molar-refractivity contribution in [1.29, 1.82) is 0 Å². The summed E-state index contributed by atoms with van der Waals surface area (Å²) < 4.78 is 0.224. The summed E-state index contributed by atoms with van der Waals surface area (Å²) in [5, 5.41) is 6.61. The summed E-state index contributed by atoms with van der Waals surface area (Å²) in [4.78, 5) is 5.32. The molecular weight excluding hydrogens is 288 g/mol. The van der Waals surface area contributed by atoms with Crippen molar-refractivity contribution in [3.05, 3.63) is 35.2 Å². The van der Waals surface area contributed by atoms with E-state index in [1.165, 1.54) is 16.2 Å². The van der Waals surface area contributed by atoms with E-state index in [0.29, 0.717) is 10.9 Å². The highest BCUT2D eigenvalue weighted by Gasteiger charge is 2.11. The first-order valence-electron chi connectivity index (χ1n) is 6.21. The Balaban J connectivity index is 1.93. The van der Waals surface area contributed by atoms with Crippen LogP contribution in [0.5, 0.6) is 0 Å². The molecule has 106 valence electrons. The Labute approximate surface area is 127 Å². The SMILES string of the molecule is CC(C)(C)Sc1ccc(C=NNc2nc(N)cs2)cc1. The number of benzene rings is 1. The lowest BCUT2D eigenvalue weighted by molar-refractivity contribution is 0.803. The van der Waals surface area contributed by atoms with E-state index in [9.17, 15) is 0 Å². The van der Waals surface area contributed by atoms with Gasteiger partial charge in [0.05, 0.1) is 6.21 Å². The quantitative estimate of drug-likeness (QED) is 0.508. The van der Waals surface area contributed by atoms with Gasteiger partial charge in [-0.25, -0.2) is 4.98 Å². The van der Waals surface area contributed by atoms with Crippen molar-refractivity contribution in [2.45, 2.75) is 30.4 Å². The van der Waals surface area contributed by atoms with E-state index >= 15 is 0 Å². The minimum Gasteiger partial charge on any atom is -0.383 e. The number of nitrogens with zero attached hydrogens (tertiary/aromatic N) is 2. The Kier molecular flexibility index (Phi) is 4.67. The fourth-order valence-corrected chi connectivity index (χ4v) is 3.00. The highest BCUT2D eigenvalue weighted by molar-refractivity contribution is 8.00. The second-order valence-electron chi connectivity index (χ2n) is 5.23. The first-order chi connectivity index (χ1) is 9.42. The van der Waals surface area contributed by atoms with Gasteiger partial charge in [0.25, 0.3) is 0 Å². The van der Waals surface area contributed by atoms with Crippen molar-refractivity contribution in [3.63, 3.8) is 0 Å². The Morgan fingerprint density at radius 1 is 1.30 bits per heavy atom. The van der Waals surface area contributed by atoms with Crippen LogP contribution in [0, 0.1) is 0 Å². The Bertz CT molecular complexity index is 582. The number of hydrogen-bond donors (Lipinski definition) is 2. The van der Waals surface area contributed by atoms with E-state index in [-0.39, 0.29) is 4.75 Å². The van der Waals surface area contributed by atoms with Crippen LogP contribution < -0.4 is 11.2 Å². The molecule has 0 fully saturated rings. The number of nitrogens with two attached hydrogens (primary N) is 1. The normalized spacial score (nSPS) is 11.9. The lowest BCUT2D eigenvalue weighted by Gasteiger charge is -2.17. The monoisotopic (exact) mass is 306 g/mol. The molecule has 4 nitrogen and oxygen atoms in total. The van der Waals surface area contributed by atoms with Crippen molar-refractivity contribution in [2.75, 3.05) is 11.2 Å². The third-order valence-electron chi connectivity index (χ3n) is 2.20. The third kappa shape index (κ3) is 4.86. The van der Waals surface area contributed by atoms with Gasteiger partial charge in [-0.15, -0.1) is 23.1 Å². The summed E-state index contributed by atoms with van der Waals surface area (Å²) in [6, 6.07) is 8.32. The number of hydrazone groups is 1. The zero-order valence-electron chi connectivity index (χ0n) is 11.8.